The maximum absolute atomic E-state index is 10.1. The molecule has 0 amide bonds. The largest absolute Gasteiger partial charge is 0.502 e. The number of phenolic OH excluding ortho intramolecular Hbond substituents is 1. The van der Waals surface area contributed by atoms with Crippen LogP contribution in [0.5, 0.6) is 17.2 Å². The molecule has 0 bridgehead atoms. The molecule has 0 saturated heterocycles. The highest BCUT2D eigenvalue weighted by Gasteiger charge is 2.46. The molecule has 21 heavy (non-hydrogen) atoms. The molecule has 0 unspecified atom stereocenters. The molecule has 0 saturated carbocycles. The van der Waals surface area contributed by atoms with Gasteiger partial charge in [-0.25, -0.2) is 0 Å². The van der Waals surface area contributed by atoms with Crippen molar-refractivity contribution in [1.82, 2.24) is 0 Å². The quantitative estimate of drug-likeness (QED) is 0.870. The summed E-state index contributed by atoms with van der Waals surface area (Å²) >= 11 is 0. The predicted molar refractivity (Wildman–Crippen MR) is 87.5 cm³/mol. The summed E-state index contributed by atoms with van der Waals surface area (Å²) in [5.74, 6) is 0.942. The number of hydrogen-bond acceptors (Lipinski definition) is 3. The number of methoxy groups -OCH3 is 2. The molecule has 0 aromatic heterocycles. The molecule has 0 atom stereocenters. The van der Waals surface area contributed by atoms with Crippen molar-refractivity contribution in [2.45, 2.75) is 53.9 Å². The highest BCUT2D eigenvalue weighted by atomic mass is 16.5. The Kier molecular flexibility index (Phi) is 4.57. The minimum absolute atomic E-state index is 0.0208. The first kappa shape index (κ1) is 17.7. The Morgan fingerprint density at radius 2 is 1.19 bits per heavy atom. The summed E-state index contributed by atoms with van der Waals surface area (Å²) in [7, 11) is 3.11. The molecule has 0 fully saturated rings. The molecular formula is C18H30O3. The van der Waals surface area contributed by atoms with Crippen LogP contribution in [0, 0.1) is 10.8 Å². The van der Waals surface area contributed by atoms with E-state index in [0.717, 1.165) is 5.56 Å². The molecule has 0 aliphatic carbocycles. The summed E-state index contributed by atoms with van der Waals surface area (Å²) in [6.45, 7) is 15.8. The van der Waals surface area contributed by atoms with E-state index in [1.54, 1.807) is 14.2 Å². The van der Waals surface area contributed by atoms with E-state index in [9.17, 15) is 5.11 Å². The van der Waals surface area contributed by atoms with Gasteiger partial charge in [-0.3, -0.25) is 0 Å². The molecule has 1 aromatic carbocycles. The van der Waals surface area contributed by atoms with Gasteiger partial charge in [0.05, 0.1) is 14.2 Å². The molecule has 1 rings (SSSR count). The molecule has 0 aliphatic rings. The smallest absolute Gasteiger partial charge is 0.200 e. The van der Waals surface area contributed by atoms with Gasteiger partial charge in [-0.2, -0.15) is 0 Å². The summed E-state index contributed by atoms with van der Waals surface area (Å²) in [5, 5.41) is 10.1. The zero-order valence-electron chi connectivity index (χ0n) is 14.9. The Balaban J connectivity index is 3.52. The Hall–Kier alpha value is -1.38. The van der Waals surface area contributed by atoms with Crippen LogP contribution in [0.25, 0.3) is 0 Å². The van der Waals surface area contributed by atoms with Gasteiger partial charge in [0.1, 0.15) is 0 Å². The minimum Gasteiger partial charge on any atom is -0.502 e. The average molecular weight is 294 g/mol. The van der Waals surface area contributed by atoms with E-state index in [0.29, 0.717) is 11.5 Å². The van der Waals surface area contributed by atoms with Gasteiger partial charge in [-0.05, 0) is 33.9 Å². The number of rotatable bonds is 4. The first-order valence-corrected chi connectivity index (χ1v) is 7.35. The van der Waals surface area contributed by atoms with E-state index < -0.39 is 0 Å². The van der Waals surface area contributed by atoms with Gasteiger partial charge in [-0.1, -0.05) is 48.5 Å². The lowest BCUT2D eigenvalue weighted by molar-refractivity contribution is 0.0453. The predicted octanol–water partition coefficient (Wildman–Crippen LogP) is 4.76. The van der Waals surface area contributed by atoms with Crippen molar-refractivity contribution in [3.63, 3.8) is 0 Å². The van der Waals surface area contributed by atoms with E-state index in [4.69, 9.17) is 9.47 Å². The van der Waals surface area contributed by atoms with Gasteiger partial charge in [-0.15, -0.1) is 0 Å². The zero-order valence-corrected chi connectivity index (χ0v) is 14.9. The van der Waals surface area contributed by atoms with Crippen LogP contribution in [0.1, 0.15) is 54.0 Å². The third-order valence-electron chi connectivity index (χ3n) is 5.64. The van der Waals surface area contributed by atoms with Crippen LogP contribution in [0.3, 0.4) is 0 Å². The average Bonchev–Trinajstić information content (AvgIpc) is 2.37. The Labute approximate surface area is 129 Å². The summed E-state index contributed by atoms with van der Waals surface area (Å²) in [6, 6.07) is 3.82. The fourth-order valence-electron chi connectivity index (χ4n) is 2.55. The summed E-state index contributed by atoms with van der Waals surface area (Å²) in [5.41, 5.74) is 1.11. The fraction of sp³-hybridized carbons (Fsp3) is 0.667. The lowest BCUT2D eigenvalue weighted by Gasteiger charge is -2.51. The number of benzene rings is 1. The Bertz CT molecular complexity index is 483. The van der Waals surface area contributed by atoms with Crippen LogP contribution < -0.4 is 9.47 Å². The highest BCUT2D eigenvalue weighted by molar-refractivity contribution is 5.54. The lowest BCUT2D eigenvalue weighted by Crippen LogP contribution is -2.45. The number of hydrogen-bond donors (Lipinski definition) is 1. The van der Waals surface area contributed by atoms with Crippen LogP contribution in [-0.4, -0.2) is 19.3 Å². The molecule has 3 nitrogen and oxygen atoms in total. The summed E-state index contributed by atoms with van der Waals surface area (Å²) in [6.07, 6.45) is 0. The monoisotopic (exact) mass is 294 g/mol. The van der Waals surface area contributed by atoms with E-state index in [-0.39, 0.29) is 22.0 Å². The first-order chi connectivity index (χ1) is 9.40. The maximum Gasteiger partial charge on any atom is 0.200 e. The van der Waals surface area contributed by atoms with Crippen molar-refractivity contribution >= 4 is 0 Å². The molecule has 0 radical (unpaired) electrons. The van der Waals surface area contributed by atoms with Gasteiger partial charge >= 0.3 is 0 Å². The van der Waals surface area contributed by atoms with Crippen molar-refractivity contribution in [2.75, 3.05) is 14.2 Å². The molecule has 0 spiro atoms. The topological polar surface area (TPSA) is 38.7 Å². The van der Waals surface area contributed by atoms with Gasteiger partial charge in [0.15, 0.2) is 11.5 Å². The second kappa shape index (κ2) is 5.43. The summed E-state index contributed by atoms with van der Waals surface area (Å²) in [4.78, 5) is 0. The van der Waals surface area contributed by atoms with E-state index >= 15 is 0 Å². The maximum atomic E-state index is 10.1. The SMILES string of the molecule is COc1cc(C(C)(C)C(C)(C)C(C)(C)C)cc(OC)c1O. The van der Waals surface area contributed by atoms with Gasteiger partial charge in [0, 0.05) is 0 Å². The van der Waals surface area contributed by atoms with E-state index in [1.165, 1.54) is 0 Å². The standard InChI is InChI=1S/C18H30O3/c1-16(2,3)18(6,7)17(4,5)12-10-13(20-8)15(19)14(11-12)21-9/h10-11,19H,1-9H3. The van der Waals surface area contributed by atoms with E-state index in [1.807, 2.05) is 12.1 Å². The van der Waals surface area contributed by atoms with Crippen molar-refractivity contribution in [2.24, 2.45) is 10.8 Å². The zero-order chi connectivity index (χ0) is 16.6. The molecule has 1 aromatic rings. The molecule has 1 N–H and O–H groups in total. The third-order valence-corrected chi connectivity index (χ3v) is 5.64. The summed E-state index contributed by atoms with van der Waals surface area (Å²) < 4.78 is 10.6. The molecule has 3 heteroatoms. The van der Waals surface area contributed by atoms with E-state index in [2.05, 4.69) is 48.5 Å². The second-order valence-electron chi connectivity index (χ2n) is 7.73. The number of aromatic hydroxyl groups is 1. The third kappa shape index (κ3) is 2.83. The molecule has 120 valence electrons. The van der Waals surface area contributed by atoms with Crippen LogP contribution in [-0.2, 0) is 5.41 Å². The van der Waals surface area contributed by atoms with Crippen molar-refractivity contribution in [3.8, 4) is 17.2 Å². The van der Waals surface area contributed by atoms with Crippen molar-refractivity contribution < 1.29 is 14.6 Å². The Morgan fingerprint density at radius 1 is 0.810 bits per heavy atom. The number of phenols is 1. The fourth-order valence-corrected chi connectivity index (χ4v) is 2.55. The van der Waals surface area contributed by atoms with Gasteiger partial charge in [0.25, 0.3) is 0 Å². The molecular weight excluding hydrogens is 264 g/mol. The minimum atomic E-state index is -0.125. The van der Waals surface area contributed by atoms with Gasteiger partial charge in [0.2, 0.25) is 5.75 Å². The lowest BCUT2D eigenvalue weighted by atomic mass is 9.53. The van der Waals surface area contributed by atoms with Crippen LogP contribution in [0.2, 0.25) is 0 Å². The molecule has 0 aliphatic heterocycles. The first-order valence-electron chi connectivity index (χ1n) is 7.35. The second-order valence-corrected chi connectivity index (χ2v) is 7.73. The van der Waals surface area contributed by atoms with Crippen molar-refractivity contribution in [1.29, 1.82) is 0 Å². The highest BCUT2D eigenvalue weighted by Crippen LogP contribution is 2.54. The molecule has 0 heterocycles. The number of ether oxygens (including phenoxy) is 2. The van der Waals surface area contributed by atoms with Crippen molar-refractivity contribution in [3.05, 3.63) is 17.7 Å². The Morgan fingerprint density at radius 3 is 1.48 bits per heavy atom. The van der Waals surface area contributed by atoms with Gasteiger partial charge < -0.3 is 14.6 Å². The normalized spacial score (nSPS) is 13.2. The van der Waals surface area contributed by atoms with Crippen LogP contribution in [0.4, 0.5) is 0 Å². The van der Waals surface area contributed by atoms with Crippen LogP contribution >= 0.6 is 0 Å². The van der Waals surface area contributed by atoms with Crippen LogP contribution in [0.15, 0.2) is 12.1 Å².